The Hall–Kier alpha value is -1.34. The van der Waals surface area contributed by atoms with Gasteiger partial charge in [-0.05, 0) is 60.3 Å². The van der Waals surface area contributed by atoms with E-state index in [0.29, 0.717) is 36.2 Å². The van der Waals surface area contributed by atoms with Crippen LogP contribution in [0.2, 0.25) is 0 Å². The Morgan fingerprint density at radius 3 is 1.46 bits per heavy atom. The van der Waals surface area contributed by atoms with E-state index < -0.39 is 10.5 Å². The van der Waals surface area contributed by atoms with Gasteiger partial charge in [-0.2, -0.15) is 0 Å². The Balaban J connectivity index is 3.34. The van der Waals surface area contributed by atoms with Crippen molar-refractivity contribution in [2.45, 2.75) is 116 Å². The second-order valence-electron chi connectivity index (χ2n) is 11.6. The molecule has 1 aromatic carbocycles. The summed E-state index contributed by atoms with van der Waals surface area (Å²) in [6, 6.07) is 3.80. The molecule has 0 bridgehead atoms. The minimum absolute atomic E-state index is 0.0216. The van der Waals surface area contributed by atoms with Crippen molar-refractivity contribution in [1.29, 1.82) is 0 Å². The lowest BCUT2D eigenvalue weighted by atomic mass is 9.83. The van der Waals surface area contributed by atoms with Crippen LogP contribution >= 0.6 is 23.5 Å². The number of carbonyl (C=O) groups excluding carboxylic acids is 2. The lowest BCUT2D eigenvalue weighted by Gasteiger charge is -2.27. The minimum atomic E-state index is -0.688. The van der Waals surface area contributed by atoms with Gasteiger partial charge in [-0.15, -0.1) is 23.5 Å². The molecule has 1 N–H and O–H groups in total. The summed E-state index contributed by atoms with van der Waals surface area (Å²) in [5, 5.41) is 10.1. The van der Waals surface area contributed by atoms with Crippen LogP contribution < -0.4 is 0 Å². The number of phenols is 1. The van der Waals surface area contributed by atoms with Crippen molar-refractivity contribution in [2.75, 3.05) is 25.7 Å². The number of benzene rings is 1. The molecule has 0 saturated heterocycles. The molecule has 0 fully saturated rings. The van der Waals surface area contributed by atoms with Gasteiger partial charge in [0.25, 0.3) is 0 Å². The zero-order valence-electron chi connectivity index (χ0n) is 25.9. The Bertz CT molecular complexity index is 819. The molecule has 224 valence electrons. The topological polar surface area (TPSA) is 72.8 Å². The SMILES string of the molecule is CCCCC(CC)COC(=O)C(SC)c1cc(C(C)(C)C)cc(C(SC)C(=O)OCC(CC)CCCC)c1O. The van der Waals surface area contributed by atoms with E-state index in [1.807, 2.05) is 24.6 Å². The highest BCUT2D eigenvalue weighted by atomic mass is 32.2. The van der Waals surface area contributed by atoms with Gasteiger partial charge in [0.2, 0.25) is 0 Å². The van der Waals surface area contributed by atoms with Crippen LogP contribution in [0.15, 0.2) is 12.1 Å². The largest absolute Gasteiger partial charge is 0.507 e. The molecule has 0 radical (unpaired) electrons. The van der Waals surface area contributed by atoms with Crippen LogP contribution in [0.4, 0.5) is 0 Å². The first-order valence-corrected chi connectivity index (χ1v) is 17.3. The van der Waals surface area contributed by atoms with Crippen molar-refractivity contribution in [3.05, 3.63) is 28.8 Å². The Labute approximate surface area is 247 Å². The van der Waals surface area contributed by atoms with E-state index in [0.717, 1.165) is 56.9 Å². The van der Waals surface area contributed by atoms with Gasteiger partial charge in [-0.1, -0.05) is 87.0 Å². The van der Waals surface area contributed by atoms with Gasteiger partial charge in [0.1, 0.15) is 16.2 Å². The van der Waals surface area contributed by atoms with Crippen LogP contribution in [0, 0.1) is 11.8 Å². The van der Waals surface area contributed by atoms with Crippen molar-refractivity contribution in [3.63, 3.8) is 0 Å². The molecule has 7 heteroatoms. The fourth-order valence-corrected chi connectivity index (χ4v) is 5.95. The summed E-state index contributed by atoms with van der Waals surface area (Å²) < 4.78 is 11.6. The fourth-order valence-electron chi connectivity index (χ4n) is 4.56. The van der Waals surface area contributed by atoms with Gasteiger partial charge in [0, 0.05) is 11.1 Å². The maximum absolute atomic E-state index is 13.3. The van der Waals surface area contributed by atoms with Gasteiger partial charge in [-0.25, -0.2) is 0 Å². The molecular formula is C32H54O5S2. The minimum Gasteiger partial charge on any atom is -0.507 e. The summed E-state index contributed by atoms with van der Waals surface area (Å²) in [4.78, 5) is 26.6. The number of thioether (sulfide) groups is 2. The Morgan fingerprint density at radius 2 is 1.18 bits per heavy atom. The average Bonchev–Trinajstić information content (AvgIpc) is 2.90. The first-order chi connectivity index (χ1) is 18.5. The third-order valence-corrected chi connectivity index (χ3v) is 9.34. The van der Waals surface area contributed by atoms with Crippen molar-refractivity contribution >= 4 is 35.5 Å². The number of carbonyl (C=O) groups is 2. The molecule has 0 aromatic heterocycles. The summed E-state index contributed by atoms with van der Waals surface area (Å²) in [6.45, 7) is 15.6. The van der Waals surface area contributed by atoms with E-state index in [-0.39, 0.29) is 23.1 Å². The van der Waals surface area contributed by atoms with Crippen molar-refractivity contribution < 1.29 is 24.2 Å². The molecule has 39 heavy (non-hydrogen) atoms. The molecule has 0 aliphatic carbocycles. The quantitative estimate of drug-likeness (QED) is 0.173. The zero-order chi connectivity index (χ0) is 29.6. The second kappa shape index (κ2) is 18.2. The zero-order valence-corrected chi connectivity index (χ0v) is 27.6. The summed E-state index contributed by atoms with van der Waals surface area (Å²) in [5.41, 5.74) is 1.70. The lowest BCUT2D eigenvalue weighted by Crippen LogP contribution is -2.22. The first-order valence-electron chi connectivity index (χ1n) is 14.7. The van der Waals surface area contributed by atoms with Crippen molar-refractivity contribution in [2.24, 2.45) is 11.8 Å². The summed E-state index contributed by atoms with van der Waals surface area (Å²) in [7, 11) is 0. The monoisotopic (exact) mass is 582 g/mol. The number of phenolic OH excluding ortho intramolecular Hbond substituents is 1. The van der Waals surface area contributed by atoms with E-state index in [2.05, 4.69) is 48.5 Å². The highest BCUT2D eigenvalue weighted by Crippen LogP contribution is 2.44. The molecule has 5 nitrogen and oxygen atoms in total. The second-order valence-corrected chi connectivity index (χ2v) is 13.5. The van der Waals surface area contributed by atoms with E-state index in [1.54, 1.807) is 0 Å². The number of unbranched alkanes of at least 4 members (excludes halogenated alkanes) is 2. The summed E-state index contributed by atoms with van der Waals surface area (Å²) >= 11 is 2.69. The van der Waals surface area contributed by atoms with Crippen LogP contribution in [0.1, 0.15) is 127 Å². The Morgan fingerprint density at radius 1 is 0.795 bits per heavy atom. The smallest absolute Gasteiger partial charge is 0.323 e. The summed E-state index contributed by atoms with van der Waals surface area (Å²) in [6.07, 6.45) is 12.2. The van der Waals surface area contributed by atoms with E-state index >= 15 is 0 Å². The van der Waals surface area contributed by atoms with Crippen LogP contribution in [0.3, 0.4) is 0 Å². The van der Waals surface area contributed by atoms with Gasteiger partial charge in [0.15, 0.2) is 0 Å². The number of hydrogen-bond acceptors (Lipinski definition) is 7. The van der Waals surface area contributed by atoms with E-state index in [1.165, 1.54) is 23.5 Å². The maximum Gasteiger partial charge on any atom is 0.323 e. The molecule has 1 aromatic rings. The highest BCUT2D eigenvalue weighted by molar-refractivity contribution is 7.99. The van der Waals surface area contributed by atoms with Gasteiger partial charge >= 0.3 is 11.9 Å². The summed E-state index contributed by atoms with van der Waals surface area (Å²) in [5.74, 6) is -0.0566. The average molecular weight is 583 g/mol. The van der Waals surface area contributed by atoms with E-state index in [9.17, 15) is 14.7 Å². The van der Waals surface area contributed by atoms with Gasteiger partial charge < -0.3 is 14.6 Å². The molecule has 0 spiro atoms. The van der Waals surface area contributed by atoms with Crippen LogP contribution in [-0.2, 0) is 24.5 Å². The fraction of sp³-hybridized carbons (Fsp3) is 0.750. The molecule has 1 rings (SSSR count). The molecule has 0 saturated carbocycles. The number of hydrogen-bond donors (Lipinski definition) is 1. The molecule has 0 aliphatic rings. The maximum atomic E-state index is 13.3. The highest BCUT2D eigenvalue weighted by Gasteiger charge is 2.33. The van der Waals surface area contributed by atoms with Crippen LogP contribution in [0.25, 0.3) is 0 Å². The normalized spacial score (nSPS) is 14.9. The van der Waals surface area contributed by atoms with Gasteiger partial charge in [-0.3, -0.25) is 9.59 Å². The third kappa shape index (κ3) is 11.2. The predicted molar refractivity (Wildman–Crippen MR) is 168 cm³/mol. The molecule has 0 amide bonds. The first kappa shape index (κ1) is 35.7. The van der Waals surface area contributed by atoms with Crippen LogP contribution in [0.5, 0.6) is 5.75 Å². The molecule has 0 aliphatic heterocycles. The molecular weight excluding hydrogens is 528 g/mol. The standard InChI is InChI=1S/C32H54O5S2/c1-10-14-16-22(12-3)20-36-30(34)28(38-8)25-18-24(32(5,6)7)19-26(27(25)33)29(39-9)31(35)37-21-23(13-4)17-15-11-2/h18-19,22-23,28-29,33H,10-17,20-21H2,1-9H3. The third-order valence-electron chi connectivity index (χ3n) is 7.51. The van der Waals surface area contributed by atoms with Crippen molar-refractivity contribution in [3.8, 4) is 5.75 Å². The number of aromatic hydroxyl groups is 1. The van der Waals surface area contributed by atoms with Crippen LogP contribution in [-0.4, -0.2) is 42.8 Å². The van der Waals surface area contributed by atoms with Gasteiger partial charge in [0.05, 0.1) is 13.2 Å². The molecule has 4 unspecified atom stereocenters. The number of esters is 2. The lowest BCUT2D eigenvalue weighted by molar-refractivity contribution is -0.145. The van der Waals surface area contributed by atoms with E-state index in [4.69, 9.17) is 9.47 Å². The predicted octanol–water partition coefficient (Wildman–Crippen LogP) is 9.02. The Kier molecular flexibility index (Phi) is 16.6. The molecule has 0 heterocycles. The number of rotatable bonds is 18. The number of ether oxygens (including phenoxy) is 2. The van der Waals surface area contributed by atoms with Crippen molar-refractivity contribution in [1.82, 2.24) is 0 Å². The molecule has 4 atom stereocenters.